The molecule has 6 heteroatoms. The number of nitrogens with zero attached hydrogens (tertiary/aromatic N) is 2. The predicted molar refractivity (Wildman–Crippen MR) is 133 cm³/mol. The Hall–Kier alpha value is -3.54. The number of anilines is 1. The van der Waals surface area contributed by atoms with Crippen LogP contribution in [0.15, 0.2) is 60.8 Å². The molecule has 0 atom stereocenters. The fraction of sp³-hybridized carbons (Fsp3) is 0.280. The maximum Gasteiger partial charge on any atom is 0.276 e. The van der Waals surface area contributed by atoms with Gasteiger partial charge in [0.15, 0.2) is 0 Å². The van der Waals surface area contributed by atoms with Gasteiger partial charge in [-0.3, -0.25) is 14.6 Å². The van der Waals surface area contributed by atoms with Crippen LogP contribution in [0.3, 0.4) is 0 Å². The van der Waals surface area contributed by atoms with E-state index in [2.05, 4.69) is 15.3 Å². The average Bonchev–Trinajstić information content (AvgIpc) is 2.81. The molecule has 1 aliphatic rings. The molecule has 0 unspecified atom stereocenters. The summed E-state index contributed by atoms with van der Waals surface area (Å²) in [5.41, 5.74) is 8.40. The number of hydrogen-bond acceptors (Lipinski definition) is 4. The largest absolute Gasteiger partial charge is 0.366 e. The molecule has 170 valence electrons. The van der Waals surface area contributed by atoms with Crippen LogP contribution in [-0.4, -0.2) is 21.8 Å². The lowest BCUT2D eigenvalue weighted by Gasteiger charge is -2.09. The summed E-state index contributed by atoms with van der Waals surface area (Å²) >= 11 is 0. The third kappa shape index (κ3) is 6.47. The Balaban J connectivity index is -0.000000876. The van der Waals surface area contributed by atoms with E-state index >= 15 is 0 Å². The first-order valence-corrected chi connectivity index (χ1v) is 10.6. The third-order valence-corrected chi connectivity index (χ3v) is 5.17. The van der Waals surface area contributed by atoms with Crippen molar-refractivity contribution < 1.29 is 16.7 Å². The predicted octanol–water partition coefficient (Wildman–Crippen LogP) is 6.37. The van der Waals surface area contributed by atoms with Crippen molar-refractivity contribution in [3.05, 3.63) is 77.7 Å². The van der Waals surface area contributed by atoms with Gasteiger partial charge in [0, 0.05) is 23.9 Å². The molecular weight excluding hydrogens is 388 g/mol. The van der Waals surface area contributed by atoms with Gasteiger partial charge < -0.3 is 11.1 Å². The average molecular weight is 427 g/mol. The van der Waals surface area contributed by atoms with E-state index in [1.54, 1.807) is 49.5 Å². The van der Waals surface area contributed by atoms with Crippen LogP contribution in [0.2, 0.25) is 0 Å². The summed E-state index contributed by atoms with van der Waals surface area (Å²) in [7, 11) is 0. The first-order valence-electron chi connectivity index (χ1n) is 10.6. The third-order valence-electron chi connectivity index (χ3n) is 5.17. The standard InChI is InChI=1S/C19H16N4O2.C6H12.5H2/c1-12-17(19(25)22-15-5-3-2-4-6-15)23-16(11-21-12)13-7-9-14(10-8-13)18(20)24;1-2-4-6-5-3-1;;;;;/h2-11H,1H3,(H2,20,24)(H,22,25);1-6H2;5*1H. The molecule has 3 N–H and O–H groups in total. The molecule has 1 aliphatic carbocycles. The lowest BCUT2D eigenvalue weighted by atomic mass is 10.0. The van der Waals surface area contributed by atoms with Crippen LogP contribution in [0, 0.1) is 6.92 Å². The highest BCUT2D eigenvalue weighted by Gasteiger charge is 2.14. The quantitative estimate of drug-likeness (QED) is 0.506. The summed E-state index contributed by atoms with van der Waals surface area (Å²) in [6.45, 7) is 1.73. The highest BCUT2D eigenvalue weighted by atomic mass is 16.2. The maximum atomic E-state index is 12.5. The Morgan fingerprint density at radius 3 is 2.03 bits per heavy atom. The molecule has 2 amide bonds. The molecule has 31 heavy (non-hydrogen) atoms. The Labute approximate surface area is 190 Å². The van der Waals surface area contributed by atoms with Crippen LogP contribution in [0.25, 0.3) is 11.3 Å². The first kappa shape index (κ1) is 22.2. The zero-order chi connectivity index (χ0) is 22.1. The summed E-state index contributed by atoms with van der Waals surface area (Å²) in [4.78, 5) is 32.3. The Morgan fingerprint density at radius 2 is 1.48 bits per heavy atom. The lowest BCUT2D eigenvalue weighted by Crippen LogP contribution is -2.16. The Kier molecular flexibility index (Phi) is 7.87. The number of para-hydroxylation sites is 1. The molecule has 4 rings (SSSR count). The Bertz CT molecular complexity index is 1020. The zero-order valence-electron chi connectivity index (χ0n) is 17.8. The van der Waals surface area contributed by atoms with Gasteiger partial charge in [-0.2, -0.15) is 0 Å². The molecule has 0 aliphatic heterocycles. The van der Waals surface area contributed by atoms with E-state index in [0.717, 1.165) is 5.56 Å². The molecule has 0 spiro atoms. The molecule has 1 aromatic heterocycles. The van der Waals surface area contributed by atoms with Crippen LogP contribution in [-0.2, 0) is 0 Å². The number of amides is 2. The van der Waals surface area contributed by atoms with E-state index < -0.39 is 5.91 Å². The van der Waals surface area contributed by atoms with Crippen LogP contribution >= 0.6 is 0 Å². The highest BCUT2D eigenvalue weighted by molar-refractivity contribution is 6.03. The van der Waals surface area contributed by atoms with Gasteiger partial charge in [-0.05, 0) is 31.2 Å². The minimum Gasteiger partial charge on any atom is -0.366 e. The smallest absolute Gasteiger partial charge is 0.276 e. The summed E-state index contributed by atoms with van der Waals surface area (Å²) in [6, 6.07) is 15.8. The number of benzene rings is 2. The van der Waals surface area contributed by atoms with E-state index in [4.69, 9.17) is 5.73 Å². The number of carbonyl (C=O) groups excluding carboxylic acids is 2. The summed E-state index contributed by atoms with van der Waals surface area (Å²) in [6.07, 6.45) is 10.6. The van der Waals surface area contributed by atoms with E-state index in [0.29, 0.717) is 22.6 Å². The number of nitrogens with one attached hydrogen (secondary N) is 1. The lowest BCUT2D eigenvalue weighted by molar-refractivity contribution is 0.0997. The zero-order valence-corrected chi connectivity index (χ0v) is 17.8. The molecule has 0 radical (unpaired) electrons. The van der Waals surface area contributed by atoms with Gasteiger partial charge in [-0.25, -0.2) is 4.98 Å². The van der Waals surface area contributed by atoms with E-state index in [-0.39, 0.29) is 18.7 Å². The number of nitrogens with two attached hydrogens (primary N) is 1. The monoisotopic (exact) mass is 426 g/mol. The van der Waals surface area contributed by atoms with Crippen LogP contribution < -0.4 is 11.1 Å². The van der Waals surface area contributed by atoms with Crippen LogP contribution in [0.1, 0.15) is 72.2 Å². The van der Waals surface area contributed by atoms with Crippen molar-refractivity contribution in [2.24, 2.45) is 5.73 Å². The highest BCUT2D eigenvalue weighted by Crippen LogP contribution is 2.19. The second-order valence-electron chi connectivity index (χ2n) is 7.57. The normalized spacial score (nSPS) is 12.9. The fourth-order valence-corrected chi connectivity index (χ4v) is 3.38. The first-order chi connectivity index (χ1) is 15.0. The number of aromatic nitrogens is 2. The fourth-order valence-electron chi connectivity index (χ4n) is 3.38. The van der Waals surface area contributed by atoms with Crippen molar-refractivity contribution in [3.63, 3.8) is 0 Å². The van der Waals surface area contributed by atoms with Crippen molar-refractivity contribution in [2.75, 3.05) is 5.32 Å². The van der Waals surface area contributed by atoms with Gasteiger partial charge in [0.05, 0.1) is 17.6 Å². The minimum absolute atomic E-state index is 0. The summed E-state index contributed by atoms with van der Waals surface area (Å²) in [5, 5.41) is 2.80. The van der Waals surface area contributed by atoms with E-state index in [1.807, 2.05) is 18.2 Å². The maximum absolute atomic E-state index is 12.5. The molecule has 1 saturated carbocycles. The molecular formula is C25H38N4O2. The molecule has 0 saturated heterocycles. The number of carbonyl (C=O) groups is 2. The minimum atomic E-state index is -0.496. The molecule has 2 aromatic carbocycles. The number of primary amides is 1. The van der Waals surface area contributed by atoms with Gasteiger partial charge in [-0.1, -0.05) is 68.9 Å². The van der Waals surface area contributed by atoms with Crippen LogP contribution in [0.4, 0.5) is 5.69 Å². The second kappa shape index (κ2) is 11.0. The van der Waals surface area contributed by atoms with Crippen molar-refractivity contribution >= 4 is 17.5 Å². The Morgan fingerprint density at radius 1 is 0.903 bits per heavy atom. The van der Waals surface area contributed by atoms with Gasteiger partial charge >= 0.3 is 0 Å². The second-order valence-corrected chi connectivity index (χ2v) is 7.57. The van der Waals surface area contributed by atoms with Crippen molar-refractivity contribution in [2.45, 2.75) is 45.4 Å². The van der Waals surface area contributed by atoms with Gasteiger partial charge in [0.1, 0.15) is 5.69 Å². The summed E-state index contributed by atoms with van der Waals surface area (Å²) in [5.74, 6) is -0.823. The van der Waals surface area contributed by atoms with Crippen LogP contribution in [0.5, 0.6) is 0 Å². The summed E-state index contributed by atoms with van der Waals surface area (Å²) < 4.78 is 0. The van der Waals surface area contributed by atoms with Crippen molar-refractivity contribution in [1.29, 1.82) is 0 Å². The van der Waals surface area contributed by atoms with E-state index in [9.17, 15) is 9.59 Å². The van der Waals surface area contributed by atoms with E-state index in [1.165, 1.54) is 38.5 Å². The number of rotatable bonds is 4. The van der Waals surface area contributed by atoms with Crippen molar-refractivity contribution in [3.8, 4) is 11.3 Å². The van der Waals surface area contributed by atoms with Crippen molar-refractivity contribution in [1.82, 2.24) is 9.97 Å². The number of aryl methyl sites for hydroxylation is 1. The molecule has 6 nitrogen and oxygen atoms in total. The topological polar surface area (TPSA) is 98.0 Å². The van der Waals surface area contributed by atoms with Gasteiger partial charge in [-0.15, -0.1) is 0 Å². The molecule has 3 aromatic rings. The van der Waals surface area contributed by atoms with Gasteiger partial charge in [0.2, 0.25) is 5.91 Å². The number of hydrogen-bond donors (Lipinski definition) is 2. The molecule has 1 heterocycles. The molecule has 0 bridgehead atoms. The molecule has 1 fully saturated rings. The SMILES string of the molecule is C1CCCCC1.Cc1ncc(-c2ccc(C(N)=O)cc2)nc1C(=O)Nc1ccccc1.[HH].[HH].[HH].[HH].[HH]. The van der Waals surface area contributed by atoms with Gasteiger partial charge in [0.25, 0.3) is 5.91 Å².